The second kappa shape index (κ2) is 11.6. The molecule has 0 fully saturated rings. The molecule has 1 aliphatic carbocycles. The zero-order chi connectivity index (χ0) is 33.0. The molecule has 0 amide bonds. The van der Waals surface area contributed by atoms with Crippen LogP contribution in [0.1, 0.15) is 29.3 Å². The summed E-state index contributed by atoms with van der Waals surface area (Å²) in [6.07, 6.45) is 5.41. The third-order valence-corrected chi connectivity index (χ3v) is 9.97. The van der Waals surface area contributed by atoms with Gasteiger partial charge in [-0.05, 0) is 59.5 Å². The fourth-order valence-corrected chi connectivity index (χ4v) is 7.68. The van der Waals surface area contributed by atoms with Crippen molar-refractivity contribution in [3.63, 3.8) is 0 Å². The van der Waals surface area contributed by atoms with E-state index in [4.69, 9.17) is 14.4 Å². The molecule has 236 valence electrons. The van der Waals surface area contributed by atoms with Crippen molar-refractivity contribution in [2.24, 2.45) is 0 Å². The largest absolute Gasteiger partial charge is 0.454 e. The summed E-state index contributed by atoms with van der Waals surface area (Å²) in [5, 5.41) is 3.46. The Hall–Kier alpha value is -6.52. The van der Waals surface area contributed by atoms with Crippen LogP contribution in [0, 0.1) is 0 Å². The van der Waals surface area contributed by atoms with Gasteiger partial charge in [-0.2, -0.15) is 0 Å². The van der Waals surface area contributed by atoms with Crippen LogP contribution in [0.4, 0.5) is 0 Å². The molecule has 6 aromatic carbocycles. The van der Waals surface area contributed by atoms with Gasteiger partial charge in [0.2, 0.25) is 0 Å². The van der Waals surface area contributed by atoms with Crippen LogP contribution in [0.2, 0.25) is 0 Å². The normalized spacial score (nSPS) is 14.0. The second-order valence-electron chi connectivity index (χ2n) is 12.9. The van der Waals surface area contributed by atoms with Crippen LogP contribution >= 0.6 is 0 Å². The Bertz CT molecular complexity index is 2740. The lowest BCUT2D eigenvalue weighted by Crippen LogP contribution is -2.10. The van der Waals surface area contributed by atoms with Gasteiger partial charge in [-0.15, -0.1) is 0 Å². The Morgan fingerprint density at radius 3 is 2.10 bits per heavy atom. The van der Waals surface area contributed by atoms with Crippen LogP contribution in [0.15, 0.2) is 168 Å². The molecule has 0 N–H and O–H groups in total. The summed E-state index contributed by atoms with van der Waals surface area (Å²) < 4.78 is 8.94. The molecule has 4 heteroatoms. The first-order valence-electron chi connectivity index (χ1n) is 17.1. The van der Waals surface area contributed by atoms with Crippen LogP contribution in [-0.4, -0.2) is 14.5 Å². The number of para-hydroxylation sites is 3. The van der Waals surface area contributed by atoms with Crippen LogP contribution in [-0.2, 0) is 0 Å². The van der Waals surface area contributed by atoms with Gasteiger partial charge in [0.15, 0.2) is 11.4 Å². The fraction of sp³-hybridized carbons (Fsp3) is 0.0435. The molecule has 3 aromatic heterocycles. The lowest BCUT2D eigenvalue weighted by molar-refractivity contribution is 0.665. The molecular weight excluding hydrogens is 611 g/mol. The van der Waals surface area contributed by atoms with Gasteiger partial charge in [-0.25, -0.2) is 9.97 Å². The summed E-state index contributed by atoms with van der Waals surface area (Å²) in [5.41, 5.74) is 12.7. The molecule has 4 nitrogen and oxygen atoms in total. The van der Waals surface area contributed by atoms with Crippen molar-refractivity contribution in [1.29, 1.82) is 0 Å². The van der Waals surface area contributed by atoms with E-state index in [1.54, 1.807) is 0 Å². The highest BCUT2D eigenvalue weighted by Crippen LogP contribution is 2.45. The highest BCUT2D eigenvalue weighted by Gasteiger charge is 2.29. The maximum absolute atomic E-state index is 6.56. The van der Waals surface area contributed by atoms with Crippen molar-refractivity contribution in [2.75, 3.05) is 0 Å². The Morgan fingerprint density at radius 1 is 0.560 bits per heavy atom. The Balaban J connectivity index is 1.19. The van der Waals surface area contributed by atoms with Gasteiger partial charge < -0.3 is 8.98 Å². The Labute approximate surface area is 289 Å². The molecule has 50 heavy (non-hydrogen) atoms. The maximum Gasteiger partial charge on any atom is 0.160 e. The van der Waals surface area contributed by atoms with E-state index >= 15 is 0 Å². The highest BCUT2D eigenvalue weighted by molar-refractivity contribution is 6.08. The minimum Gasteiger partial charge on any atom is -0.454 e. The molecule has 0 bridgehead atoms. The molecule has 1 aliphatic rings. The maximum atomic E-state index is 6.56. The summed E-state index contributed by atoms with van der Waals surface area (Å²) in [7, 11) is 0. The van der Waals surface area contributed by atoms with Gasteiger partial charge in [0, 0.05) is 33.2 Å². The van der Waals surface area contributed by atoms with E-state index in [0.29, 0.717) is 0 Å². The Morgan fingerprint density at radius 2 is 1.24 bits per heavy atom. The van der Waals surface area contributed by atoms with E-state index in [1.807, 2.05) is 18.2 Å². The number of nitrogens with zero attached hydrogens (tertiary/aromatic N) is 3. The van der Waals surface area contributed by atoms with Gasteiger partial charge in [-0.3, -0.25) is 0 Å². The predicted octanol–water partition coefficient (Wildman–Crippen LogP) is 11.9. The molecule has 0 spiro atoms. The van der Waals surface area contributed by atoms with Crippen molar-refractivity contribution in [2.45, 2.75) is 12.3 Å². The summed E-state index contributed by atoms with van der Waals surface area (Å²) in [6, 6.07) is 55.2. The monoisotopic (exact) mass is 641 g/mol. The average molecular weight is 642 g/mol. The topological polar surface area (TPSA) is 43.9 Å². The van der Waals surface area contributed by atoms with Crippen molar-refractivity contribution in [1.82, 2.24) is 14.5 Å². The van der Waals surface area contributed by atoms with E-state index in [2.05, 4.69) is 156 Å². The third kappa shape index (κ3) is 4.61. The number of hydrogen-bond acceptors (Lipinski definition) is 3. The lowest BCUT2D eigenvalue weighted by atomic mass is 9.85. The highest BCUT2D eigenvalue weighted by atomic mass is 16.3. The molecular formula is C46H31N3O. The standard InChI is InChI=1S/C46H31N3O/c1-3-14-30(15-4-1)32-18-11-19-33(28-32)38-29-39(48-46(47-38)31-16-5-2-6-17-31)36-23-13-25-41-44(36)37-21-7-9-24-40(37)49(41)42-26-12-22-35-34-20-8-10-27-43(34)50-45(35)42/h1-22,24-29,36H,23H2. The van der Waals surface area contributed by atoms with Crippen LogP contribution in [0.3, 0.4) is 0 Å². The molecule has 0 aliphatic heterocycles. The molecule has 10 rings (SSSR count). The number of furan rings is 1. The number of allylic oxidation sites excluding steroid dienone is 1. The molecule has 0 radical (unpaired) electrons. The molecule has 0 saturated carbocycles. The molecule has 1 unspecified atom stereocenters. The fourth-order valence-electron chi connectivity index (χ4n) is 7.68. The quantitative estimate of drug-likeness (QED) is 0.188. The van der Waals surface area contributed by atoms with E-state index in [0.717, 1.165) is 79.2 Å². The van der Waals surface area contributed by atoms with Gasteiger partial charge >= 0.3 is 0 Å². The van der Waals surface area contributed by atoms with Crippen molar-refractivity contribution in [3.8, 4) is 39.5 Å². The van der Waals surface area contributed by atoms with E-state index in [1.165, 1.54) is 16.5 Å². The van der Waals surface area contributed by atoms with Crippen LogP contribution < -0.4 is 0 Å². The van der Waals surface area contributed by atoms with Crippen LogP contribution in [0.25, 0.3) is 78.4 Å². The predicted molar refractivity (Wildman–Crippen MR) is 204 cm³/mol. The van der Waals surface area contributed by atoms with Crippen molar-refractivity contribution < 1.29 is 4.42 Å². The van der Waals surface area contributed by atoms with Crippen LogP contribution in [0.5, 0.6) is 0 Å². The molecule has 3 heterocycles. The number of fused-ring (bicyclic) bond motifs is 6. The number of aromatic nitrogens is 3. The first-order chi connectivity index (χ1) is 24.8. The van der Waals surface area contributed by atoms with E-state index in [-0.39, 0.29) is 5.92 Å². The third-order valence-electron chi connectivity index (χ3n) is 9.97. The number of rotatable bonds is 5. The second-order valence-corrected chi connectivity index (χ2v) is 12.9. The summed E-state index contributed by atoms with van der Waals surface area (Å²) in [6.45, 7) is 0. The molecule has 0 saturated heterocycles. The summed E-state index contributed by atoms with van der Waals surface area (Å²) in [4.78, 5) is 10.5. The average Bonchev–Trinajstić information content (AvgIpc) is 3.75. The Kier molecular flexibility index (Phi) is 6.59. The summed E-state index contributed by atoms with van der Waals surface area (Å²) >= 11 is 0. The first-order valence-corrected chi connectivity index (χ1v) is 17.1. The minimum atomic E-state index is 0.0255. The summed E-state index contributed by atoms with van der Waals surface area (Å²) in [5.74, 6) is 0.757. The van der Waals surface area contributed by atoms with Gasteiger partial charge in [0.05, 0.1) is 28.3 Å². The molecule has 9 aromatic rings. The zero-order valence-corrected chi connectivity index (χ0v) is 27.2. The van der Waals surface area contributed by atoms with Gasteiger partial charge in [0.1, 0.15) is 5.58 Å². The van der Waals surface area contributed by atoms with E-state index < -0.39 is 0 Å². The smallest absolute Gasteiger partial charge is 0.160 e. The number of hydrogen-bond donors (Lipinski definition) is 0. The first kappa shape index (κ1) is 28.5. The van der Waals surface area contributed by atoms with Gasteiger partial charge in [0.25, 0.3) is 0 Å². The minimum absolute atomic E-state index is 0.0255. The number of benzene rings is 6. The van der Waals surface area contributed by atoms with E-state index in [9.17, 15) is 0 Å². The SMILES string of the molecule is C1=Cc2c(c3ccccc3n2-c2cccc3c2oc2ccccc23)C(c2cc(-c3cccc(-c4ccccc4)c3)nc(-c3ccccc3)n2)C1. The van der Waals surface area contributed by atoms with Crippen molar-refractivity contribution >= 4 is 38.9 Å². The van der Waals surface area contributed by atoms with Gasteiger partial charge in [-0.1, -0.05) is 133 Å². The lowest BCUT2D eigenvalue weighted by Gasteiger charge is -2.22. The van der Waals surface area contributed by atoms with Crippen molar-refractivity contribution in [3.05, 3.63) is 181 Å². The molecule has 1 atom stereocenters. The zero-order valence-electron chi connectivity index (χ0n) is 27.2.